The maximum atomic E-state index is 14.6. The van der Waals surface area contributed by atoms with Gasteiger partial charge in [-0.2, -0.15) is 18.2 Å². The molecule has 3 aromatic rings. The Balaban J connectivity index is 2.01. The van der Waals surface area contributed by atoms with Crippen molar-refractivity contribution < 1.29 is 27.2 Å². The van der Waals surface area contributed by atoms with Crippen LogP contribution in [0.1, 0.15) is 23.3 Å². The molecule has 0 fully saturated rings. The van der Waals surface area contributed by atoms with E-state index in [9.17, 15) is 22.7 Å². The Morgan fingerprint density at radius 3 is 2.62 bits per heavy atom. The molecule has 126 valence electrons. The van der Waals surface area contributed by atoms with Gasteiger partial charge in [-0.05, 0) is 6.07 Å². The van der Waals surface area contributed by atoms with Gasteiger partial charge in [-0.1, -0.05) is 17.3 Å². The predicted molar refractivity (Wildman–Crippen MR) is 72.0 cm³/mol. The fraction of sp³-hybridized carbons (Fsp3) is 0.214. The molecule has 0 radical (unpaired) electrons. The molecule has 0 saturated heterocycles. The second kappa shape index (κ2) is 5.71. The molecule has 24 heavy (non-hydrogen) atoms. The molecule has 2 heterocycles. The van der Waals surface area contributed by atoms with Crippen molar-refractivity contribution in [2.45, 2.75) is 12.3 Å². The highest BCUT2D eigenvalue weighted by Gasteiger charge is 2.38. The third kappa shape index (κ3) is 2.87. The van der Waals surface area contributed by atoms with E-state index < -0.39 is 29.8 Å². The molecule has 1 N–H and O–H groups in total. The van der Waals surface area contributed by atoms with Crippen LogP contribution in [0.5, 0.6) is 0 Å². The number of imidazole rings is 1. The molecular weight excluding hydrogens is 332 g/mol. The monoisotopic (exact) mass is 342 g/mol. The number of alkyl halides is 3. The van der Waals surface area contributed by atoms with E-state index in [-0.39, 0.29) is 16.8 Å². The largest absolute Gasteiger partial charge is 0.471 e. The number of aliphatic hydroxyl groups is 1. The first-order valence-electron chi connectivity index (χ1n) is 6.63. The summed E-state index contributed by atoms with van der Waals surface area (Å²) in [4.78, 5) is 7.07. The van der Waals surface area contributed by atoms with Crippen molar-refractivity contribution in [2.24, 2.45) is 7.05 Å². The Morgan fingerprint density at radius 2 is 2.04 bits per heavy atom. The standard InChI is InChI=1S/C14H10F4N4O2/c1-22-5-9(19-6-22)11(23)7-3-2-4-8(10(7)15)12-20-13(24-21-12)14(16,17)18/h2-6,11,23H,1H3. The molecule has 1 aromatic carbocycles. The van der Waals surface area contributed by atoms with Crippen LogP contribution in [0, 0.1) is 5.82 Å². The van der Waals surface area contributed by atoms with Crippen LogP contribution < -0.4 is 0 Å². The van der Waals surface area contributed by atoms with Crippen molar-refractivity contribution in [1.29, 1.82) is 0 Å². The lowest BCUT2D eigenvalue weighted by Crippen LogP contribution is -2.06. The van der Waals surface area contributed by atoms with Crippen LogP contribution >= 0.6 is 0 Å². The van der Waals surface area contributed by atoms with Gasteiger partial charge in [0.2, 0.25) is 5.82 Å². The number of benzene rings is 1. The summed E-state index contributed by atoms with van der Waals surface area (Å²) in [5.74, 6) is -3.09. The van der Waals surface area contributed by atoms with E-state index in [0.29, 0.717) is 0 Å². The Hall–Kier alpha value is -2.75. The first-order valence-corrected chi connectivity index (χ1v) is 6.63. The van der Waals surface area contributed by atoms with Crippen molar-refractivity contribution in [3.63, 3.8) is 0 Å². The van der Waals surface area contributed by atoms with Crippen molar-refractivity contribution in [3.05, 3.63) is 53.7 Å². The van der Waals surface area contributed by atoms with Gasteiger partial charge in [0.1, 0.15) is 11.9 Å². The van der Waals surface area contributed by atoms with Gasteiger partial charge in [0.15, 0.2) is 0 Å². The molecule has 0 aliphatic carbocycles. The SMILES string of the molecule is Cn1cnc(C(O)c2cccc(-c3noc(C(F)(F)F)n3)c2F)c1. The summed E-state index contributed by atoms with van der Waals surface area (Å²) in [6, 6.07) is 3.85. The van der Waals surface area contributed by atoms with Crippen LogP contribution in [-0.4, -0.2) is 24.8 Å². The number of aryl methyl sites for hydroxylation is 1. The fourth-order valence-electron chi connectivity index (χ4n) is 2.12. The summed E-state index contributed by atoms with van der Waals surface area (Å²) >= 11 is 0. The van der Waals surface area contributed by atoms with Gasteiger partial charge >= 0.3 is 12.1 Å². The zero-order valence-corrected chi connectivity index (χ0v) is 12.1. The fourth-order valence-corrected chi connectivity index (χ4v) is 2.12. The van der Waals surface area contributed by atoms with E-state index in [2.05, 4.69) is 19.6 Å². The third-order valence-electron chi connectivity index (χ3n) is 3.24. The molecule has 0 aliphatic rings. The molecule has 0 amide bonds. The minimum Gasteiger partial charge on any atom is -0.382 e. The van der Waals surface area contributed by atoms with E-state index in [1.807, 2.05) is 0 Å². The van der Waals surface area contributed by atoms with Gasteiger partial charge in [0.05, 0.1) is 17.6 Å². The molecule has 1 atom stereocenters. The summed E-state index contributed by atoms with van der Waals surface area (Å²) < 4.78 is 57.8. The predicted octanol–water partition coefficient (Wildman–Crippen LogP) is 2.71. The lowest BCUT2D eigenvalue weighted by Gasteiger charge is -2.11. The van der Waals surface area contributed by atoms with Gasteiger partial charge in [-0.25, -0.2) is 9.37 Å². The molecule has 0 aliphatic heterocycles. The Morgan fingerprint density at radius 1 is 1.29 bits per heavy atom. The summed E-state index contributed by atoms with van der Waals surface area (Å²) in [6.45, 7) is 0. The quantitative estimate of drug-likeness (QED) is 0.741. The number of aromatic nitrogens is 4. The van der Waals surface area contributed by atoms with Crippen molar-refractivity contribution in [2.75, 3.05) is 0 Å². The number of hydrogen-bond acceptors (Lipinski definition) is 5. The summed E-state index contributed by atoms with van der Waals surface area (Å²) in [7, 11) is 1.67. The van der Waals surface area contributed by atoms with E-state index >= 15 is 0 Å². The normalized spacial score (nSPS) is 13.2. The topological polar surface area (TPSA) is 77.0 Å². The maximum Gasteiger partial charge on any atom is 0.471 e. The summed E-state index contributed by atoms with van der Waals surface area (Å²) in [6.07, 6.45) is -3.30. The van der Waals surface area contributed by atoms with Crippen LogP contribution in [0.4, 0.5) is 17.6 Å². The number of nitrogens with zero attached hydrogens (tertiary/aromatic N) is 4. The number of halogens is 4. The van der Waals surface area contributed by atoms with Gasteiger partial charge in [0, 0.05) is 18.8 Å². The minimum absolute atomic E-state index is 0.162. The Bertz CT molecular complexity index is 872. The van der Waals surface area contributed by atoms with Gasteiger partial charge in [0.25, 0.3) is 0 Å². The highest BCUT2D eigenvalue weighted by Crippen LogP contribution is 2.32. The van der Waals surface area contributed by atoms with E-state index in [0.717, 1.165) is 0 Å². The highest BCUT2D eigenvalue weighted by molar-refractivity contribution is 5.57. The lowest BCUT2D eigenvalue weighted by molar-refractivity contribution is -0.159. The Kier molecular flexibility index (Phi) is 3.84. The third-order valence-corrected chi connectivity index (χ3v) is 3.24. The van der Waals surface area contributed by atoms with Crippen molar-refractivity contribution >= 4 is 0 Å². The summed E-state index contributed by atoms with van der Waals surface area (Å²) in [5.41, 5.74) is -0.288. The van der Waals surface area contributed by atoms with Crippen LogP contribution in [0.15, 0.2) is 35.2 Å². The minimum atomic E-state index is -4.83. The van der Waals surface area contributed by atoms with Crippen LogP contribution in [0.2, 0.25) is 0 Å². The zero-order valence-electron chi connectivity index (χ0n) is 12.1. The molecule has 3 rings (SSSR count). The van der Waals surface area contributed by atoms with Crippen LogP contribution in [0.25, 0.3) is 11.4 Å². The average molecular weight is 342 g/mol. The molecule has 10 heteroatoms. The van der Waals surface area contributed by atoms with Gasteiger partial charge < -0.3 is 14.2 Å². The highest BCUT2D eigenvalue weighted by atomic mass is 19.4. The first-order chi connectivity index (χ1) is 11.3. The Labute approximate surface area is 132 Å². The van der Waals surface area contributed by atoms with Crippen LogP contribution in [-0.2, 0) is 13.2 Å². The van der Waals surface area contributed by atoms with E-state index in [4.69, 9.17) is 0 Å². The van der Waals surface area contributed by atoms with Gasteiger partial charge in [-0.3, -0.25) is 0 Å². The van der Waals surface area contributed by atoms with Crippen LogP contribution in [0.3, 0.4) is 0 Å². The number of rotatable bonds is 3. The molecule has 0 bridgehead atoms. The molecule has 2 aromatic heterocycles. The smallest absolute Gasteiger partial charge is 0.382 e. The summed E-state index contributed by atoms with van der Waals surface area (Å²) in [5, 5.41) is 13.4. The lowest BCUT2D eigenvalue weighted by atomic mass is 10.0. The number of hydrogen-bond donors (Lipinski definition) is 1. The van der Waals surface area contributed by atoms with Gasteiger partial charge in [-0.15, -0.1) is 0 Å². The molecule has 1 unspecified atom stereocenters. The van der Waals surface area contributed by atoms with Crippen molar-refractivity contribution in [1.82, 2.24) is 19.7 Å². The second-order valence-corrected chi connectivity index (χ2v) is 5.00. The van der Waals surface area contributed by atoms with E-state index in [1.165, 1.54) is 30.7 Å². The molecule has 6 nitrogen and oxygen atoms in total. The maximum absolute atomic E-state index is 14.6. The number of aliphatic hydroxyl groups excluding tert-OH is 1. The van der Waals surface area contributed by atoms with E-state index in [1.54, 1.807) is 11.6 Å². The first kappa shape index (κ1) is 16.1. The van der Waals surface area contributed by atoms with Crippen molar-refractivity contribution in [3.8, 4) is 11.4 Å². The zero-order chi connectivity index (χ0) is 17.5. The molecule has 0 saturated carbocycles. The molecular formula is C14H10F4N4O2. The average Bonchev–Trinajstić information content (AvgIpc) is 3.15. The molecule has 0 spiro atoms. The second-order valence-electron chi connectivity index (χ2n) is 5.00.